The lowest BCUT2D eigenvalue weighted by molar-refractivity contribution is -0.127. The van der Waals surface area contributed by atoms with Crippen LogP contribution in [0.25, 0.3) is 10.8 Å². The van der Waals surface area contributed by atoms with Crippen molar-refractivity contribution < 1.29 is 9.53 Å². The zero-order valence-electron chi connectivity index (χ0n) is 19.8. The van der Waals surface area contributed by atoms with Crippen LogP contribution in [0.15, 0.2) is 71.7 Å². The molecule has 1 unspecified atom stereocenters. The number of amides is 1. The van der Waals surface area contributed by atoms with Crippen molar-refractivity contribution in [3.05, 3.63) is 77.9 Å². The number of hydrogen-bond acceptors (Lipinski definition) is 3. The van der Waals surface area contributed by atoms with Crippen molar-refractivity contribution in [3.63, 3.8) is 0 Å². The van der Waals surface area contributed by atoms with E-state index < -0.39 is 0 Å². The quantitative estimate of drug-likeness (QED) is 0.241. The van der Waals surface area contributed by atoms with Crippen LogP contribution >= 0.6 is 24.0 Å². The van der Waals surface area contributed by atoms with Gasteiger partial charge in [-0.25, -0.2) is 0 Å². The van der Waals surface area contributed by atoms with Gasteiger partial charge in [0.05, 0.1) is 7.11 Å². The van der Waals surface area contributed by atoms with Crippen LogP contribution in [0.4, 0.5) is 0 Å². The van der Waals surface area contributed by atoms with Gasteiger partial charge in [0.25, 0.3) is 0 Å². The summed E-state index contributed by atoms with van der Waals surface area (Å²) in [6, 6.07) is 22.8. The fourth-order valence-electron chi connectivity index (χ4n) is 4.27. The van der Waals surface area contributed by atoms with Crippen LogP contribution in [0, 0.1) is 5.92 Å². The molecule has 1 aliphatic heterocycles. The third-order valence-electron chi connectivity index (χ3n) is 6.16. The Labute approximate surface area is 218 Å². The van der Waals surface area contributed by atoms with Gasteiger partial charge >= 0.3 is 0 Å². The third-order valence-corrected chi connectivity index (χ3v) is 6.16. The summed E-state index contributed by atoms with van der Waals surface area (Å²) in [5, 5.41) is 9.11. The van der Waals surface area contributed by atoms with Crippen LogP contribution in [0.3, 0.4) is 0 Å². The maximum absolute atomic E-state index is 12.4. The summed E-state index contributed by atoms with van der Waals surface area (Å²) in [7, 11) is 3.45. The number of hydrogen-bond donors (Lipinski definition) is 2. The molecule has 34 heavy (non-hydrogen) atoms. The number of nitrogens with one attached hydrogen (secondary N) is 2. The van der Waals surface area contributed by atoms with Crippen molar-refractivity contribution in [1.29, 1.82) is 0 Å². The first-order chi connectivity index (χ1) is 16.1. The SMILES string of the molecule is CN=C(NCc1ccc2cc(OC)ccc2c1)NCC1CC(=O)N(CCc2ccccc2)C1.I. The Hall–Kier alpha value is -2.81. The highest BCUT2D eigenvalue weighted by atomic mass is 127. The van der Waals surface area contributed by atoms with Crippen LogP contribution in [0.1, 0.15) is 17.5 Å². The number of fused-ring (bicyclic) bond motifs is 1. The predicted molar refractivity (Wildman–Crippen MR) is 149 cm³/mol. The zero-order valence-corrected chi connectivity index (χ0v) is 22.1. The van der Waals surface area contributed by atoms with Gasteiger partial charge in [-0.1, -0.05) is 48.5 Å². The normalized spacial score (nSPS) is 15.8. The van der Waals surface area contributed by atoms with Crippen LogP contribution in [-0.4, -0.2) is 50.6 Å². The average molecular weight is 572 g/mol. The van der Waals surface area contributed by atoms with E-state index in [0.29, 0.717) is 18.9 Å². The van der Waals surface area contributed by atoms with E-state index >= 15 is 0 Å². The maximum atomic E-state index is 12.4. The summed E-state index contributed by atoms with van der Waals surface area (Å²) in [6.45, 7) is 2.98. The Balaban J connectivity index is 0.00000324. The molecule has 2 N–H and O–H groups in total. The molecule has 180 valence electrons. The molecule has 1 heterocycles. The number of guanidine groups is 1. The van der Waals surface area contributed by atoms with E-state index in [9.17, 15) is 4.79 Å². The number of rotatable bonds is 8. The minimum atomic E-state index is 0. The number of methoxy groups -OCH3 is 1. The van der Waals surface area contributed by atoms with Crippen molar-refractivity contribution in [1.82, 2.24) is 15.5 Å². The molecule has 0 bridgehead atoms. The lowest BCUT2D eigenvalue weighted by Crippen LogP contribution is -2.40. The molecule has 0 aromatic heterocycles. The van der Waals surface area contributed by atoms with Gasteiger partial charge in [-0.2, -0.15) is 0 Å². The van der Waals surface area contributed by atoms with Crippen molar-refractivity contribution >= 4 is 46.6 Å². The smallest absolute Gasteiger partial charge is 0.223 e. The number of carbonyl (C=O) groups excluding carboxylic acids is 1. The van der Waals surface area contributed by atoms with Gasteiger partial charge in [-0.05, 0) is 46.5 Å². The lowest BCUT2D eigenvalue weighted by atomic mass is 10.1. The number of halogens is 1. The first-order valence-corrected chi connectivity index (χ1v) is 11.5. The van der Waals surface area contributed by atoms with Crippen molar-refractivity contribution in [2.24, 2.45) is 10.9 Å². The standard InChI is InChI=1S/C27H32N4O2.HI/c1-28-27(29-17-21-8-9-24-16-25(33-2)11-10-23(24)14-21)30-18-22-15-26(32)31(19-22)13-12-20-6-4-3-5-7-20;/h3-11,14,16,22H,12-13,15,17-19H2,1-2H3,(H2,28,29,30);1H. The minimum absolute atomic E-state index is 0. The Kier molecular flexibility index (Phi) is 9.56. The van der Waals surface area contributed by atoms with Crippen molar-refractivity contribution in [3.8, 4) is 5.75 Å². The first-order valence-electron chi connectivity index (χ1n) is 11.5. The third kappa shape index (κ3) is 6.85. The van der Waals surface area contributed by atoms with E-state index in [1.165, 1.54) is 16.5 Å². The van der Waals surface area contributed by atoms with E-state index in [1.807, 2.05) is 35.2 Å². The van der Waals surface area contributed by atoms with Gasteiger partial charge < -0.3 is 20.3 Å². The number of aliphatic imine (C=N–C) groups is 1. The molecule has 6 nitrogen and oxygen atoms in total. The summed E-state index contributed by atoms with van der Waals surface area (Å²) < 4.78 is 5.30. The van der Waals surface area contributed by atoms with Gasteiger partial charge in [-0.3, -0.25) is 9.79 Å². The second-order valence-corrected chi connectivity index (χ2v) is 8.50. The van der Waals surface area contributed by atoms with E-state index in [-0.39, 0.29) is 29.9 Å². The van der Waals surface area contributed by atoms with E-state index in [2.05, 4.69) is 52.0 Å². The molecule has 3 aromatic carbocycles. The van der Waals surface area contributed by atoms with Crippen molar-refractivity contribution in [2.75, 3.05) is 33.8 Å². The molecule has 0 spiro atoms. The number of carbonyl (C=O) groups is 1. The van der Waals surface area contributed by atoms with Crippen LogP contribution in [-0.2, 0) is 17.8 Å². The van der Waals surface area contributed by atoms with Gasteiger partial charge in [0.15, 0.2) is 5.96 Å². The fraction of sp³-hybridized carbons (Fsp3) is 0.333. The van der Waals surface area contributed by atoms with Crippen LogP contribution in [0.2, 0.25) is 0 Å². The van der Waals surface area contributed by atoms with Gasteiger partial charge in [0.2, 0.25) is 5.91 Å². The molecular weight excluding hydrogens is 539 g/mol. The fourth-order valence-corrected chi connectivity index (χ4v) is 4.27. The highest BCUT2D eigenvalue weighted by Gasteiger charge is 2.29. The molecule has 1 amide bonds. The van der Waals surface area contributed by atoms with Gasteiger partial charge in [0.1, 0.15) is 5.75 Å². The summed E-state index contributed by atoms with van der Waals surface area (Å²) in [6.07, 6.45) is 1.49. The molecule has 7 heteroatoms. The van der Waals surface area contributed by atoms with Gasteiger partial charge in [-0.15, -0.1) is 24.0 Å². The molecule has 3 aromatic rings. The second-order valence-electron chi connectivity index (χ2n) is 8.50. The number of nitrogens with zero attached hydrogens (tertiary/aromatic N) is 2. The van der Waals surface area contributed by atoms with Crippen LogP contribution < -0.4 is 15.4 Å². The highest BCUT2D eigenvalue weighted by molar-refractivity contribution is 14.0. The first kappa shape index (κ1) is 25.8. The Morgan fingerprint density at radius 2 is 1.79 bits per heavy atom. The molecule has 1 aliphatic rings. The molecule has 1 fully saturated rings. The summed E-state index contributed by atoms with van der Waals surface area (Å²) in [4.78, 5) is 18.8. The number of likely N-dealkylation sites (tertiary alicyclic amines) is 1. The van der Waals surface area contributed by atoms with E-state index in [4.69, 9.17) is 4.74 Å². The van der Waals surface area contributed by atoms with Crippen LogP contribution in [0.5, 0.6) is 5.75 Å². The summed E-state index contributed by atoms with van der Waals surface area (Å²) >= 11 is 0. The monoisotopic (exact) mass is 572 g/mol. The Bertz CT molecular complexity index is 1120. The molecule has 0 aliphatic carbocycles. The molecule has 1 atom stereocenters. The van der Waals surface area contributed by atoms with E-state index in [0.717, 1.165) is 43.2 Å². The second kappa shape index (κ2) is 12.6. The average Bonchev–Trinajstić information content (AvgIpc) is 3.22. The predicted octanol–water partition coefficient (Wildman–Crippen LogP) is 4.22. The zero-order chi connectivity index (χ0) is 23.0. The summed E-state index contributed by atoms with van der Waals surface area (Å²) in [5.74, 6) is 2.15. The largest absolute Gasteiger partial charge is 0.497 e. The van der Waals surface area contributed by atoms with Crippen molar-refractivity contribution in [2.45, 2.75) is 19.4 Å². The highest BCUT2D eigenvalue weighted by Crippen LogP contribution is 2.22. The Morgan fingerprint density at radius 3 is 2.56 bits per heavy atom. The summed E-state index contributed by atoms with van der Waals surface area (Å²) in [5.41, 5.74) is 2.45. The number of benzene rings is 3. The van der Waals surface area contributed by atoms with E-state index in [1.54, 1.807) is 14.2 Å². The molecule has 1 saturated heterocycles. The number of ether oxygens (including phenoxy) is 1. The minimum Gasteiger partial charge on any atom is -0.497 e. The molecule has 0 saturated carbocycles. The molecule has 0 radical (unpaired) electrons. The Morgan fingerprint density at radius 1 is 1.03 bits per heavy atom. The lowest BCUT2D eigenvalue weighted by Gasteiger charge is -2.18. The molecular formula is C27H33IN4O2. The topological polar surface area (TPSA) is 66.0 Å². The van der Waals surface area contributed by atoms with Gasteiger partial charge in [0, 0.05) is 45.6 Å². The maximum Gasteiger partial charge on any atom is 0.223 e. The molecule has 4 rings (SSSR count).